The summed E-state index contributed by atoms with van der Waals surface area (Å²) >= 11 is 0. The molecule has 24 heavy (non-hydrogen) atoms. The van der Waals surface area contributed by atoms with E-state index >= 15 is 0 Å². The SMILES string of the molecule is O=C(O)NC1CCOc2cc(-c3ccccc3C(F)(F)F)ccc21. The second-order valence-corrected chi connectivity index (χ2v) is 5.44. The van der Waals surface area contributed by atoms with Gasteiger partial charge in [0, 0.05) is 12.0 Å². The van der Waals surface area contributed by atoms with Crippen LogP contribution in [0.4, 0.5) is 18.0 Å². The van der Waals surface area contributed by atoms with Crippen LogP contribution in [0.5, 0.6) is 5.75 Å². The number of hydrogen-bond donors (Lipinski definition) is 2. The topological polar surface area (TPSA) is 58.6 Å². The zero-order valence-corrected chi connectivity index (χ0v) is 12.4. The fraction of sp³-hybridized carbons (Fsp3) is 0.235. The molecule has 1 atom stereocenters. The highest BCUT2D eigenvalue weighted by atomic mass is 19.4. The van der Waals surface area contributed by atoms with Gasteiger partial charge in [0.15, 0.2) is 0 Å². The minimum Gasteiger partial charge on any atom is -0.493 e. The van der Waals surface area contributed by atoms with E-state index in [4.69, 9.17) is 9.84 Å². The van der Waals surface area contributed by atoms with Gasteiger partial charge in [-0.3, -0.25) is 0 Å². The van der Waals surface area contributed by atoms with Crippen LogP contribution in [0, 0.1) is 0 Å². The first kappa shape index (κ1) is 16.2. The van der Waals surface area contributed by atoms with Gasteiger partial charge < -0.3 is 15.2 Å². The molecular weight excluding hydrogens is 323 g/mol. The zero-order chi connectivity index (χ0) is 17.3. The van der Waals surface area contributed by atoms with Gasteiger partial charge in [-0.1, -0.05) is 30.3 Å². The third-order valence-electron chi connectivity index (χ3n) is 3.89. The second kappa shape index (κ2) is 6.07. The van der Waals surface area contributed by atoms with E-state index in [9.17, 15) is 18.0 Å². The van der Waals surface area contributed by atoms with Gasteiger partial charge in [-0.2, -0.15) is 13.2 Å². The van der Waals surface area contributed by atoms with Crippen LogP contribution in [-0.4, -0.2) is 17.8 Å². The highest BCUT2D eigenvalue weighted by Crippen LogP contribution is 2.40. The van der Waals surface area contributed by atoms with Gasteiger partial charge in [0.2, 0.25) is 0 Å². The highest BCUT2D eigenvalue weighted by molar-refractivity contribution is 5.71. The third kappa shape index (κ3) is 3.15. The summed E-state index contributed by atoms with van der Waals surface area (Å²) in [7, 11) is 0. The Morgan fingerprint density at radius 1 is 1.21 bits per heavy atom. The van der Waals surface area contributed by atoms with Crippen LogP contribution in [-0.2, 0) is 6.18 Å². The van der Waals surface area contributed by atoms with Crippen molar-refractivity contribution in [3.63, 3.8) is 0 Å². The summed E-state index contributed by atoms with van der Waals surface area (Å²) in [5, 5.41) is 11.3. The predicted octanol–water partition coefficient (Wildman–Crippen LogP) is 4.46. The number of ether oxygens (including phenoxy) is 1. The molecule has 1 aliphatic rings. The lowest BCUT2D eigenvalue weighted by Crippen LogP contribution is -2.30. The smallest absolute Gasteiger partial charge is 0.417 e. The van der Waals surface area contributed by atoms with Crippen molar-refractivity contribution in [3.8, 4) is 16.9 Å². The molecule has 0 spiro atoms. The lowest BCUT2D eigenvalue weighted by molar-refractivity contribution is -0.137. The minimum absolute atomic E-state index is 0.0599. The van der Waals surface area contributed by atoms with E-state index < -0.39 is 23.9 Å². The number of rotatable bonds is 2. The average Bonchev–Trinajstić information content (AvgIpc) is 2.53. The van der Waals surface area contributed by atoms with Crippen molar-refractivity contribution in [1.82, 2.24) is 5.32 Å². The Bertz CT molecular complexity index is 774. The maximum absolute atomic E-state index is 13.2. The van der Waals surface area contributed by atoms with Crippen LogP contribution in [0.15, 0.2) is 42.5 Å². The maximum atomic E-state index is 13.2. The van der Waals surface area contributed by atoms with Gasteiger partial charge in [-0.25, -0.2) is 4.79 Å². The molecule has 3 rings (SSSR count). The summed E-state index contributed by atoms with van der Waals surface area (Å²) in [5.41, 5.74) is 0.334. The Balaban J connectivity index is 2.03. The molecule has 0 aromatic heterocycles. The van der Waals surface area contributed by atoms with E-state index in [1.165, 1.54) is 18.2 Å². The number of amides is 1. The Labute approximate surface area is 135 Å². The molecule has 4 nitrogen and oxygen atoms in total. The Morgan fingerprint density at radius 2 is 1.96 bits per heavy atom. The summed E-state index contributed by atoms with van der Waals surface area (Å²) in [5.74, 6) is 0.398. The fourth-order valence-electron chi connectivity index (χ4n) is 2.84. The molecule has 1 amide bonds. The summed E-state index contributed by atoms with van der Waals surface area (Å²) in [6.07, 6.45) is -5.14. The first-order chi connectivity index (χ1) is 11.4. The molecule has 0 saturated heterocycles. The fourth-order valence-corrected chi connectivity index (χ4v) is 2.84. The van der Waals surface area contributed by atoms with Gasteiger partial charge in [-0.05, 0) is 23.3 Å². The van der Waals surface area contributed by atoms with Crippen LogP contribution in [0.1, 0.15) is 23.6 Å². The number of benzene rings is 2. The van der Waals surface area contributed by atoms with E-state index in [0.717, 1.165) is 6.07 Å². The number of halogens is 3. The lowest BCUT2D eigenvalue weighted by Gasteiger charge is -2.26. The number of fused-ring (bicyclic) bond motifs is 1. The Hall–Kier alpha value is -2.70. The zero-order valence-electron chi connectivity index (χ0n) is 12.4. The average molecular weight is 337 g/mol. The summed E-state index contributed by atoms with van der Waals surface area (Å²) in [4.78, 5) is 10.8. The van der Waals surface area contributed by atoms with Crippen LogP contribution in [0.25, 0.3) is 11.1 Å². The molecule has 0 bridgehead atoms. The van der Waals surface area contributed by atoms with Gasteiger partial charge >= 0.3 is 12.3 Å². The molecule has 1 aliphatic heterocycles. The molecule has 7 heteroatoms. The quantitative estimate of drug-likeness (QED) is 0.850. The van der Waals surface area contributed by atoms with Crippen molar-refractivity contribution in [2.75, 3.05) is 6.61 Å². The van der Waals surface area contributed by atoms with Gasteiger partial charge in [-0.15, -0.1) is 0 Å². The molecule has 0 aliphatic carbocycles. The molecule has 2 aromatic rings. The molecule has 2 N–H and O–H groups in total. The first-order valence-electron chi connectivity index (χ1n) is 7.29. The van der Waals surface area contributed by atoms with Crippen molar-refractivity contribution in [2.45, 2.75) is 18.6 Å². The van der Waals surface area contributed by atoms with Gasteiger partial charge in [0.25, 0.3) is 0 Å². The summed E-state index contributed by atoms with van der Waals surface area (Å²) < 4.78 is 45.0. The second-order valence-electron chi connectivity index (χ2n) is 5.44. The number of hydrogen-bond acceptors (Lipinski definition) is 2. The molecule has 0 fully saturated rings. The minimum atomic E-state index is -4.46. The first-order valence-corrected chi connectivity index (χ1v) is 7.29. The van der Waals surface area contributed by atoms with Crippen LogP contribution < -0.4 is 10.1 Å². The Morgan fingerprint density at radius 3 is 2.67 bits per heavy atom. The van der Waals surface area contributed by atoms with E-state index in [-0.39, 0.29) is 5.56 Å². The summed E-state index contributed by atoms with van der Waals surface area (Å²) in [6.45, 7) is 0.294. The van der Waals surface area contributed by atoms with Crippen molar-refractivity contribution < 1.29 is 27.8 Å². The monoisotopic (exact) mass is 337 g/mol. The number of nitrogens with one attached hydrogen (secondary N) is 1. The van der Waals surface area contributed by atoms with Crippen molar-refractivity contribution in [2.24, 2.45) is 0 Å². The normalized spacial score (nSPS) is 16.9. The number of carboxylic acid groups (broad SMARTS) is 1. The van der Waals surface area contributed by atoms with Crippen LogP contribution in [0.3, 0.4) is 0 Å². The largest absolute Gasteiger partial charge is 0.493 e. The van der Waals surface area contributed by atoms with Gasteiger partial charge in [0.05, 0.1) is 18.2 Å². The van der Waals surface area contributed by atoms with E-state index in [2.05, 4.69) is 5.32 Å². The van der Waals surface area contributed by atoms with Crippen LogP contribution in [0.2, 0.25) is 0 Å². The molecule has 0 saturated carbocycles. The lowest BCUT2D eigenvalue weighted by atomic mass is 9.94. The van der Waals surface area contributed by atoms with Crippen LogP contribution >= 0.6 is 0 Å². The molecular formula is C17H14F3NO3. The summed E-state index contributed by atoms with van der Waals surface area (Å²) in [6, 6.07) is 9.57. The molecule has 1 heterocycles. The predicted molar refractivity (Wildman–Crippen MR) is 80.9 cm³/mol. The molecule has 1 unspecified atom stereocenters. The molecule has 2 aromatic carbocycles. The van der Waals surface area contributed by atoms with Crippen molar-refractivity contribution in [1.29, 1.82) is 0 Å². The van der Waals surface area contributed by atoms with E-state index in [0.29, 0.717) is 29.9 Å². The van der Waals surface area contributed by atoms with Gasteiger partial charge in [0.1, 0.15) is 5.75 Å². The third-order valence-corrected chi connectivity index (χ3v) is 3.89. The van der Waals surface area contributed by atoms with Crippen molar-refractivity contribution >= 4 is 6.09 Å². The Kier molecular flexibility index (Phi) is 4.09. The molecule has 0 radical (unpaired) electrons. The number of carbonyl (C=O) groups is 1. The standard InChI is InChI=1S/C17H14F3NO3/c18-17(19,20)13-4-2-1-3-11(13)10-5-6-12-14(21-16(22)23)7-8-24-15(12)9-10/h1-6,9,14,21H,7-8H2,(H,22,23). The van der Waals surface area contributed by atoms with Crippen molar-refractivity contribution in [3.05, 3.63) is 53.6 Å². The van der Waals surface area contributed by atoms with E-state index in [1.807, 2.05) is 0 Å². The number of alkyl halides is 3. The maximum Gasteiger partial charge on any atom is 0.417 e. The highest BCUT2D eigenvalue weighted by Gasteiger charge is 2.33. The van der Waals surface area contributed by atoms with E-state index in [1.54, 1.807) is 18.2 Å². The molecule has 126 valence electrons.